The van der Waals surface area contributed by atoms with Crippen molar-refractivity contribution in [1.82, 2.24) is 0 Å². The third kappa shape index (κ3) is 5.00. The molecule has 1 rings (SSSR count). The SMILES string of the molecule is CCCC/C=C/C=C/S(=O)(=O)c1ccccc1. The van der Waals surface area contributed by atoms with E-state index in [0.29, 0.717) is 4.90 Å². The second-order valence-electron chi connectivity index (χ2n) is 3.76. The summed E-state index contributed by atoms with van der Waals surface area (Å²) in [5.74, 6) is 0. The quantitative estimate of drug-likeness (QED) is 0.569. The highest BCUT2D eigenvalue weighted by molar-refractivity contribution is 7.94. The molecule has 0 aliphatic carbocycles. The zero-order chi connectivity index (χ0) is 12.6. The Kier molecular flexibility index (Phi) is 5.70. The maximum atomic E-state index is 11.8. The molecule has 92 valence electrons. The van der Waals surface area contributed by atoms with Crippen LogP contribution in [0.25, 0.3) is 0 Å². The van der Waals surface area contributed by atoms with Gasteiger partial charge in [-0.2, -0.15) is 0 Å². The lowest BCUT2D eigenvalue weighted by molar-refractivity contribution is 0.604. The van der Waals surface area contributed by atoms with Crippen molar-refractivity contribution in [3.8, 4) is 0 Å². The van der Waals surface area contributed by atoms with E-state index in [1.165, 1.54) is 5.41 Å². The molecule has 0 aromatic heterocycles. The van der Waals surface area contributed by atoms with Crippen molar-refractivity contribution in [2.24, 2.45) is 0 Å². The van der Waals surface area contributed by atoms with Gasteiger partial charge in [0.05, 0.1) is 4.90 Å². The van der Waals surface area contributed by atoms with E-state index in [4.69, 9.17) is 0 Å². The second kappa shape index (κ2) is 7.07. The summed E-state index contributed by atoms with van der Waals surface area (Å²) < 4.78 is 23.6. The zero-order valence-corrected chi connectivity index (χ0v) is 10.9. The van der Waals surface area contributed by atoms with E-state index in [2.05, 4.69) is 6.92 Å². The van der Waals surface area contributed by atoms with E-state index in [9.17, 15) is 8.42 Å². The summed E-state index contributed by atoms with van der Waals surface area (Å²) in [5.41, 5.74) is 0. The topological polar surface area (TPSA) is 34.1 Å². The Morgan fingerprint density at radius 1 is 1.12 bits per heavy atom. The van der Waals surface area contributed by atoms with Gasteiger partial charge in [0.15, 0.2) is 9.84 Å². The van der Waals surface area contributed by atoms with Crippen LogP contribution < -0.4 is 0 Å². The largest absolute Gasteiger partial charge is 0.219 e. The molecule has 0 aliphatic rings. The van der Waals surface area contributed by atoms with Gasteiger partial charge in [-0.25, -0.2) is 8.42 Å². The number of unbranched alkanes of at least 4 members (excludes halogenated alkanes) is 2. The third-order valence-corrected chi connectivity index (χ3v) is 3.75. The molecule has 17 heavy (non-hydrogen) atoms. The summed E-state index contributed by atoms with van der Waals surface area (Å²) in [6, 6.07) is 8.43. The standard InChI is InChI=1S/C14H18O2S/c1-2-3-4-5-6-10-13-17(15,16)14-11-8-7-9-12-14/h5-13H,2-4H2,1H3/b6-5+,13-10+. The van der Waals surface area contributed by atoms with Crippen molar-refractivity contribution in [3.63, 3.8) is 0 Å². The van der Waals surface area contributed by atoms with Crippen molar-refractivity contribution in [2.45, 2.75) is 31.1 Å². The lowest BCUT2D eigenvalue weighted by Crippen LogP contribution is -1.94. The summed E-state index contributed by atoms with van der Waals surface area (Å²) in [6.07, 6.45) is 8.63. The normalized spacial score (nSPS) is 12.5. The molecule has 0 saturated carbocycles. The fourth-order valence-corrected chi connectivity index (χ4v) is 2.33. The zero-order valence-electron chi connectivity index (χ0n) is 10.0. The molecule has 0 bridgehead atoms. The van der Waals surface area contributed by atoms with Gasteiger partial charge in [-0.1, -0.05) is 56.2 Å². The molecular weight excluding hydrogens is 232 g/mol. The molecule has 0 unspecified atom stereocenters. The first-order valence-electron chi connectivity index (χ1n) is 5.80. The van der Waals surface area contributed by atoms with Crippen molar-refractivity contribution in [2.75, 3.05) is 0 Å². The van der Waals surface area contributed by atoms with Crippen LogP contribution in [0.3, 0.4) is 0 Å². The van der Waals surface area contributed by atoms with Crippen LogP contribution in [-0.4, -0.2) is 8.42 Å². The van der Waals surface area contributed by atoms with Crippen LogP contribution in [0.5, 0.6) is 0 Å². The molecular formula is C14H18O2S. The molecule has 2 nitrogen and oxygen atoms in total. The molecule has 0 saturated heterocycles. The molecule has 0 heterocycles. The molecule has 0 atom stereocenters. The van der Waals surface area contributed by atoms with Gasteiger partial charge in [-0.05, 0) is 18.6 Å². The van der Waals surface area contributed by atoms with Crippen molar-refractivity contribution in [3.05, 3.63) is 54.0 Å². The Bertz CT molecular complexity index is 470. The Balaban J connectivity index is 2.62. The van der Waals surface area contributed by atoms with Gasteiger partial charge in [0.1, 0.15) is 0 Å². The first kappa shape index (κ1) is 13.7. The van der Waals surface area contributed by atoms with E-state index < -0.39 is 9.84 Å². The van der Waals surface area contributed by atoms with E-state index >= 15 is 0 Å². The molecule has 3 heteroatoms. The molecule has 1 aromatic carbocycles. The van der Waals surface area contributed by atoms with E-state index in [1.54, 1.807) is 42.5 Å². The fourth-order valence-electron chi connectivity index (χ4n) is 1.33. The van der Waals surface area contributed by atoms with Crippen LogP contribution in [-0.2, 0) is 9.84 Å². The molecule has 0 aliphatic heterocycles. The number of sulfone groups is 1. The summed E-state index contributed by atoms with van der Waals surface area (Å²) in [6.45, 7) is 2.13. The minimum atomic E-state index is -3.28. The van der Waals surface area contributed by atoms with Gasteiger partial charge in [0, 0.05) is 5.41 Å². The predicted molar refractivity (Wildman–Crippen MR) is 71.4 cm³/mol. The van der Waals surface area contributed by atoms with E-state index in [-0.39, 0.29) is 0 Å². The smallest absolute Gasteiger partial charge is 0.199 e. The maximum absolute atomic E-state index is 11.8. The van der Waals surface area contributed by atoms with Crippen LogP contribution in [0.1, 0.15) is 26.2 Å². The molecule has 0 N–H and O–H groups in total. The Morgan fingerprint density at radius 2 is 1.82 bits per heavy atom. The number of rotatable bonds is 6. The van der Waals surface area contributed by atoms with Crippen LogP contribution in [0, 0.1) is 0 Å². The predicted octanol–water partition coefficient (Wildman–Crippen LogP) is 3.72. The highest BCUT2D eigenvalue weighted by Crippen LogP contribution is 2.11. The van der Waals surface area contributed by atoms with Crippen LogP contribution in [0.4, 0.5) is 0 Å². The summed E-state index contributed by atoms with van der Waals surface area (Å²) in [5, 5.41) is 1.24. The minimum Gasteiger partial charge on any atom is -0.219 e. The maximum Gasteiger partial charge on any atom is 0.199 e. The highest BCUT2D eigenvalue weighted by Gasteiger charge is 2.07. The lowest BCUT2D eigenvalue weighted by Gasteiger charge is -1.96. The Labute approximate surface area is 104 Å². The summed E-state index contributed by atoms with van der Waals surface area (Å²) >= 11 is 0. The Morgan fingerprint density at radius 3 is 2.47 bits per heavy atom. The fraction of sp³-hybridized carbons (Fsp3) is 0.286. The van der Waals surface area contributed by atoms with Crippen molar-refractivity contribution in [1.29, 1.82) is 0 Å². The van der Waals surface area contributed by atoms with Crippen molar-refractivity contribution < 1.29 is 8.42 Å². The van der Waals surface area contributed by atoms with Gasteiger partial charge >= 0.3 is 0 Å². The average molecular weight is 250 g/mol. The number of hydrogen-bond acceptors (Lipinski definition) is 2. The Hall–Kier alpha value is -1.35. The first-order valence-corrected chi connectivity index (χ1v) is 7.35. The van der Waals surface area contributed by atoms with Gasteiger partial charge in [0.2, 0.25) is 0 Å². The van der Waals surface area contributed by atoms with E-state index in [0.717, 1.165) is 19.3 Å². The minimum absolute atomic E-state index is 0.332. The van der Waals surface area contributed by atoms with Gasteiger partial charge < -0.3 is 0 Å². The van der Waals surface area contributed by atoms with Gasteiger partial charge in [-0.3, -0.25) is 0 Å². The molecule has 0 radical (unpaired) electrons. The summed E-state index contributed by atoms with van der Waals surface area (Å²) in [4.78, 5) is 0.332. The number of hydrogen-bond donors (Lipinski definition) is 0. The van der Waals surface area contributed by atoms with Crippen LogP contribution in [0.2, 0.25) is 0 Å². The van der Waals surface area contributed by atoms with E-state index in [1.807, 2.05) is 6.08 Å². The second-order valence-corrected chi connectivity index (χ2v) is 5.59. The number of allylic oxidation sites excluding steroid dienone is 3. The first-order chi connectivity index (χ1) is 8.17. The molecule has 0 fully saturated rings. The molecule has 0 amide bonds. The van der Waals surface area contributed by atoms with Crippen molar-refractivity contribution >= 4 is 9.84 Å². The highest BCUT2D eigenvalue weighted by atomic mass is 32.2. The number of benzene rings is 1. The monoisotopic (exact) mass is 250 g/mol. The summed E-state index contributed by atoms with van der Waals surface area (Å²) in [7, 11) is -3.28. The van der Waals surface area contributed by atoms with Crippen LogP contribution >= 0.6 is 0 Å². The molecule has 1 aromatic rings. The average Bonchev–Trinajstić information content (AvgIpc) is 2.35. The van der Waals surface area contributed by atoms with Crippen LogP contribution in [0.15, 0.2) is 58.9 Å². The lowest BCUT2D eigenvalue weighted by atomic mass is 10.2. The molecule has 0 spiro atoms. The van der Waals surface area contributed by atoms with Gasteiger partial charge in [-0.15, -0.1) is 0 Å². The van der Waals surface area contributed by atoms with Gasteiger partial charge in [0.25, 0.3) is 0 Å². The third-order valence-electron chi connectivity index (χ3n) is 2.30.